The Bertz CT molecular complexity index is 174. The molecule has 2 N–H and O–H groups in total. The fraction of sp³-hybridized carbons (Fsp3) is 0.700. The molecule has 0 spiro atoms. The van der Waals surface area contributed by atoms with Crippen molar-refractivity contribution < 1.29 is 123 Å². The fourth-order valence-electron chi connectivity index (χ4n) is 0.256. The minimum Gasteiger partial charge on any atom is -0.550 e. The molecule has 0 heterocycles. The van der Waals surface area contributed by atoms with E-state index in [1.165, 1.54) is 0 Å². The maximum Gasteiger partial charge on any atom is 1.00 e. The average Bonchev–Trinajstić information content (AvgIpc) is 2.11. The van der Waals surface area contributed by atoms with Crippen molar-refractivity contribution in [2.45, 2.75) is 27.7 Å². The summed E-state index contributed by atoms with van der Waals surface area (Å²) < 4.78 is 0. The van der Waals surface area contributed by atoms with Gasteiger partial charge in [-0.3, -0.25) is 0 Å². The number of carboxylic acid groups (broad SMARTS) is 3. The van der Waals surface area contributed by atoms with Gasteiger partial charge in [-0.05, 0) is 27.3 Å². The molecule has 0 fully saturated rings. The number of likely N-dealkylation sites (N-methyl/N-ethyl adjacent to an activating group) is 1. The Morgan fingerprint density at radius 1 is 0.857 bits per heavy atom. The summed E-state index contributed by atoms with van der Waals surface area (Å²) >= 11 is 0. The van der Waals surface area contributed by atoms with E-state index in [0.29, 0.717) is 0 Å². The Labute approximate surface area is 191 Å². The van der Waals surface area contributed by atoms with Crippen molar-refractivity contribution in [1.29, 1.82) is 0 Å². The van der Waals surface area contributed by atoms with Crippen molar-refractivity contribution in [2.75, 3.05) is 19.7 Å². The number of rotatable bonds is 3. The molecule has 110 valence electrons. The minimum absolute atomic E-state index is 0. The van der Waals surface area contributed by atoms with Gasteiger partial charge in [0.15, 0.2) is 0 Å². The van der Waals surface area contributed by atoms with Gasteiger partial charge in [-0.15, -0.1) is 0 Å². The van der Waals surface area contributed by atoms with Crippen LogP contribution in [0.4, 0.5) is 0 Å². The summed E-state index contributed by atoms with van der Waals surface area (Å²) in [6, 6.07) is 0. The van der Waals surface area contributed by atoms with E-state index in [1.807, 2.05) is 6.92 Å². The summed E-state index contributed by atoms with van der Waals surface area (Å²) in [5, 5.41) is 37.7. The maximum absolute atomic E-state index is 8.89. The summed E-state index contributed by atoms with van der Waals surface area (Å²) in [5.41, 5.74) is 0. The zero-order valence-corrected chi connectivity index (χ0v) is 20.0. The molecular formula is C10H20NNa3O7. The first-order valence-corrected chi connectivity index (χ1v) is 4.96. The van der Waals surface area contributed by atoms with Crippen LogP contribution in [0, 0.1) is 0 Å². The normalized spacial score (nSPS) is 6.14. The summed E-state index contributed by atoms with van der Waals surface area (Å²) in [6.07, 6.45) is 0. The largest absolute Gasteiger partial charge is 1.00 e. The van der Waals surface area contributed by atoms with Crippen LogP contribution in [0.3, 0.4) is 0 Å². The third kappa shape index (κ3) is 425. The maximum atomic E-state index is 8.89. The van der Waals surface area contributed by atoms with Gasteiger partial charge in [0.2, 0.25) is 0 Å². The number of aliphatic carboxylic acids is 3. The van der Waals surface area contributed by atoms with Crippen molar-refractivity contribution >= 4 is 17.9 Å². The summed E-state index contributed by atoms with van der Waals surface area (Å²) in [6.45, 7) is 6.83. The number of aliphatic hydroxyl groups is 1. The molecule has 11 heteroatoms. The van der Waals surface area contributed by atoms with Crippen LogP contribution in [-0.4, -0.2) is 42.7 Å². The van der Waals surface area contributed by atoms with Gasteiger partial charge >= 0.3 is 88.7 Å². The van der Waals surface area contributed by atoms with E-state index in [0.717, 1.165) is 33.9 Å². The molecule has 21 heavy (non-hydrogen) atoms. The van der Waals surface area contributed by atoms with E-state index in [4.69, 9.17) is 34.8 Å². The van der Waals surface area contributed by atoms with E-state index >= 15 is 0 Å². The van der Waals surface area contributed by atoms with Gasteiger partial charge in [0.05, 0.1) is 6.61 Å². The second kappa shape index (κ2) is 42.9. The van der Waals surface area contributed by atoms with E-state index in [-0.39, 0.29) is 95.3 Å². The first-order chi connectivity index (χ1) is 8.11. The van der Waals surface area contributed by atoms with Gasteiger partial charge in [-0.2, -0.15) is 0 Å². The molecule has 0 saturated carbocycles. The molecular weight excluding hydrogens is 315 g/mol. The predicted molar refractivity (Wildman–Crippen MR) is 57.7 cm³/mol. The van der Waals surface area contributed by atoms with Crippen LogP contribution < -0.4 is 109 Å². The zero-order valence-electron chi connectivity index (χ0n) is 14.0. The number of hydrogen-bond acceptors (Lipinski definition) is 8. The number of aliphatic hydroxyl groups excluding tert-OH is 1. The van der Waals surface area contributed by atoms with Crippen molar-refractivity contribution in [3.05, 3.63) is 0 Å². The van der Waals surface area contributed by atoms with Crippen LogP contribution in [0.2, 0.25) is 0 Å². The molecule has 0 rings (SSSR count). The summed E-state index contributed by atoms with van der Waals surface area (Å²) in [7, 11) is 0. The van der Waals surface area contributed by atoms with Crippen LogP contribution >= 0.6 is 0 Å². The number of nitrogens with one attached hydrogen (secondary N) is 1. The molecule has 0 bridgehead atoms. The number of carbonyl (C=O) groups is 3. The second-order valence-electron chi connectivity index (χ2n) is 2.55. The van der Waals surface area contributed by atoms with Crippen LogP contribution in [0.5, 0.6) is 0 Å². The SMILES string of the molecule is CC(=O)[O-].CC(=O)[O-].CC(=O)[O-].CCNCCO.[Na+].[Na+].[Na+]. The van der Waals surface area contributed by atoms with E-state index in [1.54, 1.807) is 0 Å². The van der Waals surface area contributed by atoms with Crippen LogP contribution in [0.1, 0.15) is 27.7 Å². The molecule has 0 aliphatic carbocycles. The molecule has 0 amide bonds. The Balaban J connectivity index is -0.0000000242. The van der Waals surface area contributed by atoms with Crippen molar-refractivity contribution in [1.82, 2.24) is 5.32 Å². The summed E-state index contributed by atoms with van der Waals surface area (Å²) in [4.78, 5) is 26.7. The zero-order chi connectivity index (χ0) is 15.6. The third-order valence-electron chi connectivity index (χ3n) is 0.539. The molecule has 0 unspecified atom stereocenters. The molecule has 0 atom stereocenters. The first kappa shape index (κ1) is 43.2. The molecule has 0 aromatic carbocycles. The fourth-order valence-corrected chi connectivity index (χ4v) is 0.256. The smallest absolute Gasteiger partial charge is 0.550 e. The van der Waals surface area contributed by atoms with Gasteiger partial charge in [0, 0.05) is 24.5 Å². The van der Waals surface area contributed by atoms with Crippen LogP contribution in [0.15, 0.2) is 0 Å². The molecule has 0 aromatic rings. The standard InChI is InChI=1S/C4H11NO.3C2H4O2.3Na/c1-2-5-3-4-6;3*1-2(3)4;;;/h5-6H,2-4H2,1H3;3*1H3,(H,3,4);;;/q;;;;3*+1/p-3. The molecule has 0 aliphatic heterocycles. The minimum atomic E-state index is -1.08. The van der Waals surface area contributed by atoms with Gasteiger partial charge in [-0.1, -0.05) is 6.92 Å². The molecule has 0 radical (unpaired) electrons. The number of carbonyl (C=O) groups excluding carboxylic acids is 3. The van der Waals surface area contributed by atoms with Gasteiger partial charge in [0.25, 0.3) is 0 Å². The second-order valence-corrected chi connectivity index (χ2v) is 2.55. The Morgan fingerprint density at radius 2 is 1.05 bits per heavy atom. The molecule has 0 saturated heterocycles. The Kier molecular flexibility index (Phi) is 88.4. The first-order valence-electron chi connectivity index (χ1n) is 4.96. The van der Waals surface area contributed by atoms with Crippen molar-refractivity contribution in [2.24, 2.45) is 0 Å². The molecule has 8 nitrogen and oxygen atoms in total. The van der Waals surface area contributed by atoms with Crippen molar-refractivity contribution in [3.8, 4) is 0 Å². The molecule has 0 aromatic heterocycles. The van der Waals surface area contributed by atoms with Gasteiger partial charge in [0.1, 0.15) is 0 Å². The summed E-state index contributed by atoms with van der Waals surface area (Å²) in [5.74, 6) is -3.25. The monoisotopic (exact) mass is 335 g/mol. The van der Waals surface area contributed by atoms with E-state index in [9.17, 15) is 0 Å². The van der Waals surface area contributed by atoms with Crippen molar-refractivity contribution in [3.63, 3.8) is 0 Å². The van der Waals surface area contributed by atoms with Crippen LogP contribution in [-0.2, 0) is 14.4 Å². The Hall–Kier alpha value is 1.33. The van der Waals surface area contributed by atoms with E-state index in [2.05, 4.69) is 5.32 Å². The van der Waals surface area contributed by atoms with E-state index < -0.39 is 17.9 Å². The third-order valence-corrected chi connectivity index (χ3v) is 0.539. The molecule has 0 aliphatic rings. The number of hydrogen-bond donors (Lipinski definition) is 2. The van der Waals surface area contributed by atoms with Crippen LogP contribution in [0.25, 0.3) is 0 Å². The Morgan fingerprint density at radius 3 is 1.10 bits per heavy atom. The topological polar surface area (TPSA) is 153 Å². The van der Waals surface area contributed by atoms with Gasteiger partial charge in [-0.25, -0.2) is 0 Å². The quantitative estimate of drug-likeness (QED) is 0.381. The predicted octanol–water partition coefficient (Wildman–Crippen LogP) is -13.1. The van der Waals surface area contributed by atoms with Gasteiger partial charge < -0.3 is 40.1 Å². The number of carboxylic acids is 3. The average molecular weight is 335 g/mol.